The molecule has 2 aromatic rings. The summed E-state index contributed by atoms with van der Waals surface area (Å²) < 4.78 is -1.64. The summed E-state index contributed by atoms with van der Waals surface area (Å²) in [5.41, 5.74) is 0.893. The number of amides is 1. The molecule has 1 amide bonds. The van der Waals surface area contributed by atoms with Gasteiger partial charge < -0.3 is 5.32 Å². The molecule has 0 spiro atoms. The molecule has 2 aromatic carbocycles. The Hall–Kier alpha value is -0.580. The third-order valence-corrected chi connectivity index (χ3v) is 5.41. The van der Waals surface area contributed by atoms with E-state index in [2.05, 4.69) is 5.32 Å². The molecule has 0 aromatic heterocycles. The Balaban J connectivity index is 2.04. The van der Waals surface area contributed by atoms with Gasteiger partial charge in [0.2, 0.25) is 9.70 Å². The fourth-order valence-corrected chi connectivity index (χ4v) is 3.39. The van der Waals surface area contributed by atoms with Gasteiger partial charge in [0.1, 0.15) is 5.37 Å². The number of hydrogen-bond acceptors (Lipinski definition) is 2. The molecule has 0 aliphatic rings. The number of rotatable bonds is 5. The molecule has 0 heterocycles. The van der Waals surface area contributed by atoms with E-state index in [4.69, 9.17) is 46.4 Å². The van der Waals surface area contributed by atoms with E-state index in [-0.39, 0.29) is 12.3 Å². The number of hydrogen-bond donors (Lipinski definition) is 1. The Morgan fingerprint density at radius 2 is 1.65 bits per heavy atom. The first-order chi connectivity index (χ1) is 10.8. The van der Waals surface area contributed by atoms with Gasteiger partial charge in [-0.3, -0.25) is 4.79 Å². The smallest absolute Gasteiger partial charge is 0.225 e. The fourth-order valence-electron chi connectivity index (χ4n) is 1.81. The van der Waals surface area contributed by atoms with Crippen molar-refractivity contribution in [3.05, 3.63) is 65.2 Å². The average Bonchev–Trinajstić information content (AvgIpc) is 2.49. The van der Waals surface area contributed by atoms with E-state index >= 15 is 0 Å². The average molecular weight is 409 g/mol. The van der Waals surface area contributed by atoms with Crippen molar-refractivity contribution in [3.63, 3.8) is 0 Å². The second kappa shape index (κ2) is 8.50. The van der Waals surface area contributed by atoms with Crippen LogP contribution in [0.1, 0.15) is 5.56 Å². The zero-order valence-corrected chi connectivity index (χ0v) is 15.6. The third-order valence-electron chi connectivity index (χ3n) is 2.86. The summed E-state index contributed by atoms with van der Waals surface area (Å²) in [6, 6.07) is 16.5. The molecule has 0 aliphatic heterocycles. The van der Waals surface area contributed by atoms with Crippen LogP contribution in [-0.2, 0) is 11.2 Å². The summed E-state index contributed by atoms with van der Waals surface area (Å²) in [7, 11) is 0. The van der Waals surface area contributed by atoms with Gasteiger partial charge in [-0.05, 0) is 29.8 Å². The minimum atomic E-state index is -1.64. The van der Waals surface area contributed by atoms with E-state index in [1.165, 1.54) is 11.8 Å². The molecule has 122 valence electrons. The van der Waals surface area contributed by atoms with Gasteiger partial charge in [-0.1, -0.05) is 88.5 Å². The van der Waals surface area contributed by atoms with Crippen molar-refractivity contribution in [2.24, 2.45) is 0 Å². The first-order valence-corrected chi connectivity index (χ1v) is 9.06. The van der Waals surface area contributed by atoms with Crippen LogP contribution in [0, 0.1) is 0 Å². The Labute approximate surface area is 159 Å². The maximum absolute atomic E-state index is 12.2. The highest BCUT2D eigenvalue weighted by atomic mass is 35.6. The summed E-state index contributed by atoms with van der Waals surface area (Å²) in [5.74, 6) is -0.214. The number of thioether (sulfide) groups is 1. The molecule has 2 rings (SSSR count). The van der Waals surface area contributed by atoms with Crippen LogP contribution in [0.15, 0.2) is 59.5 Å². The molecule has 1 N–H and O–H groups in total. The Bertz CT molecular complexity index is 643. The van der Waals surface area contributed by atoms with Crippen LogP contribution >= 0.6 is 58.2 Å². The number of halogens is 4. The molecule has 1 unspecified atom stereocenters. The second-order valence-electron chi connectivity index (χ2n) is 4.72. The highest BCUT2D eigenvalue weighted by molar-refractivity contribution is 8.00. The van der Waals surface area contributed by atoms with Crippen molar-refractivity contribution in [1.82, 2.24) is 5.32 Å². The van der Waals surface area contributed by atoms with Crippen molar-refractivity contribution in [2.45, 2.75) is 20.5 Å². The number of carbonyl (C=O) groups is 1. The van der Waals surface area contributed by atoms with Gasteiger partial charge in [0.25, 0.3) is 0 Å². The number of alkyl halides is 3. The van der Waals surface area contributed by atoms with E-state index in [1.807, 2.05) is 30.3 Å². The number of nitrogens with one attached hydrogen (secondary N) is 1. The van der Waals surface area contributed by atoms with Gasteiger partial charge in [0.05, 0.1) is 6.42 Å². The summed E-state index contributed by atoms with van der Waals surface area (Å²) in [6.45, 7) is 0. The molecule has 0 fully saturated rings. The van der Waals surface area contributed by atoms with Crippen LogP contribution < -0.4 is 5.32 Å². The molecule has 7 heteroatoms. The number of benzene rings is 2. The third kappa shape index (κ3) is 6.44. The molecule has 23 heavy (non-hydrogen) atoms. The van der Waals surface area contributed by atoms with E-state index in [1.54, 1.807) is 24.3 Å². The minimum Gasteiger partial charge on any atom is -0.340 e. The molecule has 0 saturated carbocycles. The second-order valence-corrected chi connectivity index (χ2v) is 8.71. The first kappa shape index (κ1) is 18.8. The lowest BCUT2D eigenvalue weighted by atomic mass is 10.1. The Morgan fingerprint density at radius 3 is 2.22 bits per heavy atom. The monoisotopic (exact) mass is 407 g/mol. The fraction of sp³-hybridized carbons (Fsp3) is 0.188. The quantitative estimate of drug-likeness (QED) is 0.402. The normalized spacial score (nSPS) is 12.7. The highest BCUT2D eigenvalue weighted by Crippen LogP contribution is 2.39. The lowest BCUT2D eigenvalue weighted by Crippen LogP contribution is -2.42. The highest BCUT2D eigenvalue weighted by Gasteiger charge is 2.34. The van der Waals surface area contributed by atoms with Crippen LogP contribution in [0.4, 0.5) is 0 Å². The van der Waals surface area contributed by atoms with Crippen molar-refractivity contribution >= 4 is 64.1 Å². The predicted molar refractivity (Wildman–Crippen MR) is 99.7 cm³/mol. The maximum atomic E-state index is 12.2. The van der Waals surface area contributed by atoms with Gasteiger partial charge in [-0.15, -0.1) is 0 Å². The van der Waals surface area contributed by atoms with Gasteiger partial charge >= 0.3 is 0 Å². The minimum absolute atomic E-state index is 0.214. The van der Waals surface area contributed by atoms with E-state index in [9.17, 15) is 4.79 Å². The van der Waals surface area contributed by atoms with Crippen molar-refractivity contribution in [3.8, 4) is 0 Å². The maximum Gasteiger partial charge on any atom is 0.225 e. The lowest BCUT2D eigenvalue weighted by Gasteiger charge is -2.25. The van der Waals surface area contributed by atoms with E-state index < -0.39 is 9.17 Å². The summed E-state index contributed by atoms with van der Waals surface area (Å²) >= 11 is 25.1. The van der Waals surface area contributed by atoms with Crippen LogP contribution in [0.25, 0.3) is 0 Å². The van der Waals surface area contributed by atoms with Crippen LogP contribution in [0.5, 0.6) is 0 Å². The Morgan fingerprint density at radius 1 is 1.04 bits per heavy atom. The van der Waals surface area contributed by atoms with Crippen LogP contribution in [-0.4, -0.2) is 15.1 Å². The van der Waals surface area contributed by atoms with Crippen molar-refractivity contribution in [2.75, 3.05) is 0 Å². The summed E-state index contributed by atoms with van der Waals surface area (Å²) in [6.07, 6.45) is 0.221. The molecule has 1 atom stereocenters. The zero-order chi connectivity index (χ0) is 16.9. The molecular formula is C16H13Cl4NOS. The van der Waals surface area contributed by atoms with Gasteiger partial charge in [-0.25, -0.2) is 0 Å². The molecule has 0 aliphatic carbocycles. The zero-order valence-electron chi connectivity index (χ0n) is 11.8. The van der Waals surface area contributed by atoms with Gasteiger partial charge in [0, 0.05) is 9.92 Å². The van der Waals surface area contributed by atoms with Crippen LogP contribution in [0.2, 0.25) is 5.02 Å². The van der Waals surface area contributed by atoms with Crippen molar-refractivity contribution in [1.29, 1.82) is 0 Å². The van der Waals surface area contributed by atoms with Gasteiger partial charge in [0.15, 0.2) is 0 Å². The molecule has 2 nitrogen and oxygen atoms in total. The topological polar surface area (TPSA) is 29.1 Å². The molecule has 0 saturated heterocycles. The summed E-state index contributed by atoms with van der Waals surface area (Å²) in [5, 5.41) is 2.66. The van der Waals surface area contributed by atoms with Crippen LogP contribution in [0.3, 0.4) is 0 Å². The molecule has 0 bridgehead atoms. The van der Waals surface area contributed by atoms with Crippen molar-refractivity contribution < 1.29 is 4.79 Å². The van der Waals surface area contributed by atoms with Gasteiger partial charge in [-0.2, -0.15) is 0 Å². The largest absolute Gasteiger partial charge is 0.340 e. The predicted octanol–water partition coefficient (Wildman–Crippen LogP) is 5.49. The lowest BCUT2D eigenvalue weighted by molar-refractivity contribution is -0.120. The summed E-state index contributed by atoms with van der Waals surface area (Å²) in [4.78, 5) is 13.0. The number of carbonyl (C=O) groups excluding carboxylic acids is 1. The molecular weight excluding hydrogens is 396 g/mol. The standard InChI is InChI=1S/C16H13Cl4NOS/c17-12-6-8-13(9-7-12)23-15(16(18,19)20)21-14(22)10-11-4-2-1-3-5-11/h1-9,15H,10H2,(H,21,22). The van der Waals surface area contributed by atoms with E-state index in [0.717, 1.165) is 10.5 Å². The SMILES string of the molecule is O=C(Cc1ccccc1)NC(Sc1ccc(Cl)cc1)C(Cl)(Cl)Cl. The van der Waals surface area contributed by atoms with E-state index in [0.29, 0.717) is 5.02 Å². The Kier molecular flexibility index (Phi) is 6.93. The first-order valence-electron chi connectivity index (χ1n) is 6.67. The molecule has 0 radical (unpaired) electrons.